The van der Waals surface area contributed by atoms with Crippen LogP contribution in [-0.2, 0) is 28.7 Å². The molecule has 0 radical (unpaired) electrons. The molecular formula is C25H28F3N3O2. The van der Waals surface area contributed by atoms with Crippen LogP contribution >= 0.6 is 0 Å². The molecule has 3 heterocycles. The highest BCUT2D eigenvalue weighted by atomic mass is 19.4. The molecule has 2 aromatic rings. The predicted octanol–water partition coefficient (Wildman–Crippen LogP) is 3.43. The number of ether oxygens (including phenoxy) is 1. The first kappa shape index (κ1) is 22.2. The molecule has 0 spiro atoms. The zero-order valence-corrected chi connectivity index (χ0v) is 18.4. The molecule has 0 unspecified atom stereocenters. The maximum absolute atomic E-state index is 13.6. The van der Waals surface area contributed by atoms with Crippen LogP contribution in [0.2, 0.25) is 0 Å². The maximum atomic E-state index is 13.6. The lowest BCUT2D eigenvalue weighted by molar-refractivity contribution is -0.141. The molecule has 0 bridgehead atoms. The first-order chi connectivity index (χ1) is 15.9. The predicted molar refractivity (Wildman–Crippen MR) is 119 cm³/mol. The summed E-state index contributed by atoms with van der Waals surface area (Å²) in [4.78, 5) is 19.9. The average Bonchev–Trinajstić information content (AvgIpc) is 2.83. The standard InChI is InChI=1S/C25H28F3N3O2/c26-25(27,28)20-6-7-22-19(14-20)15-21(24(32)30-10-12-33-13-11-30)23-17-29(8-9-31(22)23)16-18-4-2-1-3-5-18/h1-7,14,21,23H,8-13,15-17H2/t21-,23+/m0/s1. The Balaban J connectivity index is 1.44. The van der Waals surface area contributed by atoms with Gasteiger partial charge in [0.25, 0.3) is 0 Å². The van der Waals surface area contributed by atoms with E-state index in [0.29, 0.717) is 51.4 Å². The number of carbonyl (C=O) groups excluding carboxylic acids is 1. The van der Waals surface area contributed by atoms with E-state index in [9.17, 15) is 18.0 Å². The van der Waals surface area contributed by atoms with E-state index in [1.807, 2.05) is 23.1 Å². The minimum atomic E-state index is -4.40. The lowest BCUT2D eigenvalue weighted by Gasteiger charge is -2.50. The molecule has 5 rings (SSSR count). The topological polar surface area (TPSA) is 36.0 Å². The molecule has 3 aliphatic heterocycles. The number of hydrogen-bond donors (Lipinski definition) is 0. The van der Waals surface area contributed by atoms with Gasteiger partial charge in [0, 0.05) is 45.0 Å². The van der Waals surface area contributed by atoms with Gasteiger partial charge in [-0.15, -0.1) is 0 Å². The zero-order valence-electron chi connectivity index (χ0n) is 18.4. The first-order valence-electron chi connectivity index (χ1n) is 11.5. The SMILES string of the molecule is O=C([C@H]1Cc2cc(C(F)(F)F)ccc2N2CCN(Cc3ccccc3)C[C@H]12)N1CCOCC1. The van der Waals surface area contributed by atoms with Gasteiger partial charge in [0.2, 0.25) is 5.91 Å². The lowest BCUT2D eigenvalue weighted by atomic mass is 9.82. The van der Waals surface area contributed by atoms with E-state index in [0.717, 1.165) is 24.8 Å². The molecule has 0 saturated carbocycles. The summed E-state index contributed by atoms with van der Waals surface area (Å²) in [7, 11) is 0. The minimum absolute atomic E-state index is 0.0259. The monoisotopic (exact) mass is 459 g/mol. The van der Waals surface area contributed by atoms with Crippen LogP contribution in [0.15, 0.2) is 48.5 Å². The van der Waals surface area contributed by atoms with E-state index < -0.39 is 11.7 Å². The number of piperazine rings is 1. The summed E-state index contributed by atoms with van der Waals surface area (Å²) in [6.07, 6.45) is -4.07. The van der Waals surface area contributed by atoms with Crippen molar-refractivity contribution in [1.29, 1.82) is 0 Å². The summed E-state index contributed by atoms with van der Waals surface area (Å²) in [5.41, 5.74) is 2.01. The van der Waals surface area contributed by atoms with E-state index in [1.54, 1.807) is 6.07 Å². The lowest BCUT2D eigenvalue weighted by Crippen LogP contribution is -2.61. The van der Waals surface area contributed by atoms with E-state index in [2.05, 4.69) is 21.9 Å². The Morgan fingerprint density at radius 1 is 1.00 bits per heavy atom. The molecule has 3 aliphatic rings. The second-order valence-electron chi connectivity index (χ2n) is 9.07. The van der Waals surface area contributed by atoms with Gasteiger partial charge in [0.1, 0.15) is 0 Å². The van der Waals surface area contributed by atoms with Crippen molar-refractivity contribution in [2.24, 2.45) is 5.92 Å². The summed E-state index contributed by atoms with van der Waals surface area (Å²) < 4.78 is 45.6. The van der Waals surface area contributed by atoms with Crippen LogP contribution in [0.25, 0.3) is 0 Å². The van der Waals surface area contributed by atoms with Crippen molar-refractivity contribution in [2.75, 3.05) is 50.8 Å². The van der Waals surface area contributed by atoms with Gasteiger partial charge >= 0.3 is 6.18 Å². The van der Waals surface area contributed by atoms with E-state index in [1.165, 1.54) is 11.6 Å². The fourth-order valence-corrected chi connectivity index (χ4v) is 5.35. The summed E-state index contributed by atoms with van der Waals surface area (Å²) >= 11 is 0. The number of fused-ring (bicyclic) bond motifs is 3. The van der Waals surface area contributed by atoms with Crippen LogP contribution in [0.1, 0.15) is 16.7 Å². The third-order valence-electron chi connectivity index (χ3n) is 7.01. The van der Waals surface area contributed by atoms with Crippen molar-refractivity contribution in [1.82, 2.24) is 9.80 Å². The highest BCUT2D eigenvalue weighted by molar-refractivity contribution is 5.82. The van der Waals surface area contributed by atoms with Crippen LogP contribution < -0.4 is 4.90 Å². The fourth-order valence-electron chi connectivity index (χ4n) is 5.35. The van der Waals surface area contributed by atoms with E-state index in [-0.39, 0.29) is 17.9 Å². The number of carbonyl (C=O) groups is 1. The Bertz CT molecular complexity index is 992. The molecule has 0 aromatic heterocycles. The van der Waals surface area contributed by atoms with Gasteiger partial charge in [0.05, 0.1) is 30.7 Å². The van der Waals surface area contributed by atoms with Gasteiger partial charge in [-0.3, -0.25) is 9.69 Å². The second-order valence-corrected chi connectivity index (χ2v) is 9.07. The average molecular weight is 460 g/mol. The van der Waals surface area contributed by atoms with Crippen molar-refractivity contribution in [3.05, 3.63) is 65.2 Å². The number of amides is 1. The Labute approximate surface area is 191 Å². The molecule has 2 aromatic carbocycles. The molecule has 176 valence electrons. The number of benzene rings is 2. The largest absolute Gasteiger partial charge is 0.416 e. The Hall–Kier alpha value is -2.58. The van der Waals surface area contributed by atoms with Crippen molar-refractivity contribution in [3.63, 3.8) is 0 Å². The molecule has 5 nitrogen and oxygen atoms in total. The summed E-state index contributed by atoms with van der Waals surface area (Å²) in [6.45, 7) is 5.05. The third-order valence-corrected chi connectivity index (χ3v) is 7.01. The van der Waals surface area contributed by atoms with Gasteiger partial charge in [-0.2, -0.15) is 13.2 Å². The molecule has 2 atom stereocenters. The van der Waals surface area contributed by atoms with Crippen LogP contribution in [0.3, 0.4) is 0 Å². The van der Waals surface area contributed by atoms with Gasteiger partial charge in [0.15, 0.2) is 0 Å². The smallest absolute Gasteiger partial charge is 0.378 e. The normalized spacial score (nSPS) is 23.7. The first-order valence-corrected chi connectivity index (χ1v) is 11.5. The van der Waals surface area contributed by atoms with Gasteiger partial charge in [-0.05, 0) is 35.7 Å². The second kappa shape index (κ2) is 8.99. The number of halogens is 3. The van der Waals surface area contributed by atoms with Crippen molar-refractivity contribution in [3.8, 4) is 0 Å². The molecule has 33 heavy (non-hydrogen) atoms. The highest BCUT2D eigenvalue weighted by Gasteiger charge is 2.44. The third kappa shape index (κ3) is 4.59. The van der Waals surface area contributed by atoms with Gasteiger partial charge in [-0.25, -0.2) is 0 Å². The van der Waals surface area contributed by atoms with Crippen LogP contribution in [0, 0.1) is 5.92 Å². The highest BCUT2D eigenvalue weighted by Crippen LogP contribution is 2.40. The molecule has 2 fully saturated rings. The van der Waals surface area contributed by atoms with Crippen molar-refractivity contribution in [2.45, 2.75) is 25.2 Å². The number of alkyl halides is 3. The number of nitrogens with zero attached hydrogens (tertiary/aromatic N) is 3. The van der Waals surface area contributed by atoms with Crippen LogP contribution in [-0.4, -0.2) is 67.7 Å². The Morgan fingerprint density at radius 2 is 1.76 bits per heavy atom. The summed E-state index contributed by atoms with van der Waals surface area (Å²) in [5, 5.41) is 0. The summed E-state index contributed by atoms with van der Waals surface area (Å²) in [5.74, 6) is -0.351. The van der Waals surface area contributed by atoms with Crippen molar-refractivity contribution < 1.29 is 22.7 Å². The molecule has 0 N–H and O–H groups in total. The number of rotatable bonds is 3. The maximum Gasteiger partial charge on any atom is 0.416 e. The Kier molecular flexibility index (Phi) is 6.05. The van der Waals surface area contributed by atoms with Crippen LogP contribution in [0.4, 0.5) is 18.9 Å². The molecular weight excluding hydrogens is 431 g/mol. The van der Waals surface area contributed by atoms with Crippen LogP contribution in [0.5, 0.6) is 0 Å². The summed E-state index contributed by atoms with van der Waals surface area (Å²) in [6, 6.07) is 14.1. The molecule has 2 saturated heterocycles. The Morgan fingerprint density at radius 3 is 2.48 bits per heavy atom. The zero-order chi connectivity index (χ0) is 23.0. The number of hydrogen-bond acceptors (Lipinski definition) is 4. The van der Waals surface area contributed by atoms with Crippen molar-refractivity contribution >= 4 is 11.6 Å². The van der Waals surface area contributed by atoms with Gasteiger partial charge in [-0.1, -0.05) is 30.3 Å². The number of anilines is 1. The molecule has 1 amide bonds. The van der Waals surface area contributed by atoms with E-state index in [4.69, 9.17) is 4.74 Å². The molecule has 0 aliphatic carbocycles. The van der Waals surface area contributed by atoms with E-state index >= 15 is 0 Å². The number of morpholine rings is 1. The minimum Gasteiger partial charge on any atom is -0.378 e. The molecule has 8 heteroatoms. The quantitative estimate of drug-likeness (QED) is 0.705. The van der Waals surface area contributed by atoms with Gasteiger partial charge < -0.3 is 14.5 Å². The fraction of sp³-hybridized carbons (Fsp3) is 0.480.